The van der Waals surface area contributed by atoms with E-state index in [1.165, 1.54) is 10.9 Å². The fraction of sp³-hybridized carbons (Fsp3) is 0.250. The molecule has 0 fully saturated rings. The summed E-state index contributed by atoms with van der Waals surface area (Å²) >= 11 is 0. The Morgan fingerprint density at radius 1 is 1.32 bits per heavy atom. The van der Waals surface area contributed by atoms with Crippen molar-refractivity contribution in [1.82, 2.24) is 9.71 Å². The van der Waals surface area contributed by atoms with Crippen LogP contribution in [0.25, 0.3) is 10.9 Å². The molecule has 1 aromatic heterocycles. The lowest BCUT2D eigenvalue weighted by molar-refractivity contribution is -0.139. The number of sulfonamides is 1. The molecule has 0 bridgehead atoms. The summed E-state index contributed by atoms with van der Waals surface area (Å²) in [5.74, 6) is -1.70. The number of carboxylic acid groups (broad SMARTS) is 1. The van der Waals surface area contributed by atoms with E-state index in [0.29, 0.717) is 16.5 Å². The second kappa shape index (κ2) is 5.61. The molecule has 1 heterocycles. The molecule has 0 saturated carbocycles. The highest BCUT2D eigenvalue weighted by Gasteiger charge is 2.47. The van der Waals surface area contributed by atoms with E-state index in [1.54, 1.807) is 24.3 Å². The first-order valence-corrected chi connectivity index (χ1v) is 7.46. The molecule has 2 aromatic rings. The molecule has 0 spiro atoms. The number of aliphatic carboxylic acids is 1. The lowest BCUT2D eigenvalue weighted by Gasteiger charge is -2.15. The van der Waals surface area contributed by atoms with Gasteiger partial charge >= 0.3 is 21.5 Å². The summed E-state index contributed by atoms with van der Waals surface area (Å²) in [4.78, 5) is 13.9. The molecule has 0 radical (unpaired) electrons. The van der Waals surface area contributed by atoms with Crippen LogP contribution in [0.2, 0.25) is 0 Å². The zero-order valence-corrected chi connectivity index (χ0v) is 11.7. The summed E-state index contributed by atoms with van der Waals surface area (Å²) < 4.78 is 60.3. The van der Waals surface area contributed by atoms with Crippen LogP contribution >= 0.6 is 0 Å². The normalized spacial score (nSPS) is 14.1. The van der Waals surface area contributed by atoms with Gasteiger partial charge in [0, 0.05) is 23.5 Å². The number of halogens is 3. The van der Waals surface area contributed by atoms with Crippen molar-refractivity contribution in [2.45, 2.75) is 18.0 Å². The van der Waals surface area contributed by atoms with E-state index >= 15 is 0 Å². The molecule has 0 aliphatic rings. The third kappa shape index (κ3) is 3.22. The highest BCUT2D eigenvalue weighted by molar-refractivity contribution is 7.90. The minimum absolute atomic E-state index is 0.396. The Balaban J connectivity index is 2.29. The number of aromatic nitrogens is 1. The van der Waals surface area contributed by atoms with Gasteiger partial charge in [0.15, 0.2) is 0 Å². The molecule has 2 rings (SSSR count). The van der Waals surface area contributed by atoms with Gasteiger partial charge in [-0.05, 0) is 11.6 Å². The molecule has 1 aromatic carbocycles. The van der Waals surface area contributed by atoms with Gasteiger partial charge in [-0.3, -0.25) is 4.79 Å². The van der Waals surface area contributed by atoms with E-state index in [0.717, 1.165) is 0 Å². The number of rotatable bonds is 5. The van der Waals surface area contributed by atoms with Crippen LogP contribution in [0.4, 0.5) is 13.2 Å². The van der Waals surface area contributed by atoms with Crippen molar-refractivity contribution in [3.8, 4) is 0 Å². The number of fused-ring (bicyclic) bond motifs is 1. The summed E-state index contributed by atoms with van der Waals surface area (Å²) in [5.41, 5.74) is -4.51. The van der Waals surface area contributed by atoms with Gasteiger partial charge in [0.05, 0.1) is 0 Å². The van der Waals surface area contributed by atoms with Gasteiger partial charge in [-0.15, -0.1) is 0 Å². The molecule has 120 valence electrons. The Morgan fingerprint density at radius 3 is 2.55 bits per heavy atom. The van der Waals surface area contributed by atoms with Crippen LogP contribution in [0.5, 0.6) is 0 Å². The molecule has 22 heavy (non-hydrogen) atoms. The van der Waals surface area contributed by atoms with Crippen molar-refractivity contribution in [3.63, 3.8) is 0 Å². The van der Waals surface area contributed by atoms with E-state index in [1.807, 2.05) is 0 Å². The third-order valence-electron chi connectivity index (χ3n) is 3.00. The number of benzene rings is 1. The summed E-state index contributed by atoms with van der Waals surface area (Å²) in [6.45, 7) is 0. The second-order valence-electron chi connectivity index (χ2n) is 4.52. The van der Waals surface area contributed by atoms with E-state index < -0.39 is 34.0 Å². The summed E-state index contributed by atoms with van der Waals surface area (Å²) in [5, 5.41) is 9.58. The second-order valence-corrected chi connectivity index (χ2v) is 6.23. The van der Waals surface area contributed by atoms with Crippen LogP contribution in [-0.4, -0.2) is 36.0 Å². The van der Waals surface area contributed by atoms with E-state index in [9.17, 15) is 26.4 Å². The monoisotopic (exact) mass is 336 g/mol. The predicted molar refractivity (Wildman–Crippen MR) is 71.5 cm³/mol. The zero-order chi connectivity index (χ0) is 16.5. The van der Waals surface area contributed by atoms with Crippen LogP contribution in [-0.2, 0) is 21.2 Å². The number of hydrogen-bond acceptors (Lipinski definition) is 3. The number of nitrogens with one attached hydrogen (secondary N) is 2. The maximum atomic E-state index is 12.3. The fourth-order valence-electron chi connectivity index (χ4n) is 1.95. The topological polar surface area (TPSA) is 99.3 Å². The molecule has 0 unspecified atom stereocenters. The molecule has 6 nitrogen and oxygen atoms in total. The Hall–Kier alpha value is -2.07. The smallest absolute Gasteiger partial charge is 0.480 e. The summed E-state index contributed by atoms with van der Waals surface area (Å²) in [6, 6.07) is 4.83. The molecule has 0 aliphatic carbocycles. The van der Waals surface area contributed by atoms with Gasteiger partial charge in [0.2, 0.25) is 0 Å². The van der Waals surface area contributed by atoms with Crippen molar-refractivity contribution < 1.29 is 31.5 Å². The number of hydrogen-bond donors (Lipinski definition) is 3. The van der Waals surface area contributed by atoms with Gasteiger partial charge in [0.25, 0.3) is 0 Å². The van der Waals surface area contributed by atoms with Crippen molar-refractivity contribution in [1.29, 1.82) is 0 Å². The maximum Gasteiger partial charge on any atom is 0.511 e. The van der Waals surface area contributed by atoms with Gasteiger partial charge < -0.3 is 10.1 Å². The van der Waals surface area contributed by atoms with Crippen molar-refractivity contribution in [3.05, 3.63) is 36.0 Å². The molecule has 0 aliphatic heterocycles. The van der Waals surface area contributed by atoms with Crippen LogP contribution < -0.4 is 4.72 Å². The summed E-state index contributed by atoms with van der Waals surface area (Å²) in [6.07, 6.45) is 1.01. The van der Waals surface area contributed by atoms with Gasteiger partial charge in [-0.2, -0.15) is 17.9 Å². The molecular formula is C12H11F3N2O4S. The lowest BCUT2D eigenvalue weighted by Crippen LogP contribution is -2.47. The molecule has 10 heteroatoms. The van der Waals surface area contributed by atoms with E-state index in [-0.39, 0.29) is 0 Å². The zero-order valence-electron chi connectivity index (χ0n) is 10.9. The molecule has 1 atom stereocenters. The maximum absolute atomic E-state index is 12.3. The molecular weight excluding hydrogens is 325 g/mol. The lowest BCUT2D eigenvalue weighted by atomic mass is 10.1. The first kappa shape index (κ1) is 16.3. The standard InChI is InChI=1S/C12H11F3N2O4S/c13-12(14,15)22(20,21)17-10(11(18)19)5-7-6-16-9-4-2-1-3-8(7)9/h1-4,6,10,16-17H,5H2,(H,18,19)/t10-/m0/s1. The van der Waals surface area contributed by atoms with E-state index in [2.05, 4.69) is 4.98 Å². The predicted octanol–water partition coefficient (Wildman–Crippen LogP) is 1.60. The summed E-state index contributed by atoms with van der Waals surface area (Å²) in [7, 11) is -5.74. The number of aromatic amines is 1. The SMILES string of the molecule is O=C(O)[C@H](Cc1c[nH]c2ccccc12)NS(=O)(=O)C(F)(F)F. The Kier molecular flexibility index (Phi) is 4.16. The van der Waals surface area contributed by atoms with Crippen LogP contribution in [0.15, 0.2) is 30.5 Å². The average molecular weight is 336 g/mol. The Morgan fingerprint density at radius 2 is 1.95 bits per heavy atom. The first-order valence-electron chi connectivity index (χ1n) is 5.98. The number of carboxylic acids is 1. The van der Waals surface area contributed by atoms with Crippen molar-refractivity contribution in [2.75, 3.05) is 0 Å². The number of alkyl halides is 3. The van der Waals surface area contributed by atoms with E-state index in [4.69, 9.17) is 5.11 Å². The van der Waals surface area contributed by atoms with Crippen LogP contribution in [0.3, 0.4) is 0 Å². The first-order chi connectivity index (χ1) is 10.1. The van der Waals surface area contributed by atoms with Crippen LogP contribution in [0, 0.1) is 0 Å². The number of para-hydroxylation sites is 1. The van der Waals surface area contributed by atoms with Gasteiger partial charge in [0.1, 0.15) is 6.04 Å². The highest BCUT2D eigenvalue weighted by atomic mass is 32.2. The molecule has 0 amide bonds. The number of carbonyl (C=O) groups is 1. The minimum Gasteiger partial charge on any atom is -0.480 e. The van der Waals surface area contributed by atoms with Gasteiger partial charge in [-0.25, -0.2) is 8.42 Å². The third-order valence-corrected chi connectivity index (χ3v) is 4.20. The van der Waals surface area contributed by atoms with Crippen LogP contribution in [0.1, 0.15) is 5.56 Å². The van der Waals surface area contributed by atoms with Gasteiger partial charge in [-0.1, -0.05) is 18.2 Å². The van der Waals surface area contributed by atoms with Crippen molar-refractivity contribution in [2.24, 2.45) is 0 Å². The average Bonchev–Trinajstić information content (AvgIpc) is 2.80. The Labute approximate surface area is 123 Å². The highest BCUT2D eigenvalue weighted by Crippen LogP contribution is 2.24. The van der Waals surface area contributed by atoms with Crippen molar-refractivity contribution >= 4 is 26.9 Å². The minimum atomic E-state index is -5.74. The molecule has 3 N–H and O–H groups in total. The fourth-order valence-corrected chi connectivity index (χ4v) is 2.65. The largest absolute Gasteiger partial charge is 0.511 e. The Bertz CT molecular complexity index is 798. The number of H-pyrrole nitrogens is 1. The quantitative estimate of drug-likeness (QED) is 0.772. The molecule has 0 saturated heterocycles.